The van der Waals surface area contributed by atoms with Gasteiger partial charge in [-0.15, -0.1) is 0 Å². The van der Waals surface area contributed by atoms with Crippen LogP contribution in [0.3, 0.4) is 0 Å². The molecule has 0 saturated carbocycles. The third-order valence-electron chi connectivity index (χ3n) is 4.95. The Labute approximate surface area is 184 Å². The Morgan fingerprint density at radius 1 is 1.16 bits per heavy atom. The first-order valence-corrected chi connectivity index (χ1v) is 10.1. The number of hydrogen-bond donors (Lipinski definition) is 2. The fourth-order valence-corrected chi connectivity index (χ4v) is 3.20. The standard InChI is InChI=1S/C24H24F2N2O4/c1-15-4-6-19(7-5-15)32-9-3-8-27-23(30)20-13-21(28(2)24(31)22(20)29)17-10-16(14-25)11-18(26)12-17/h4-7,10-13,29H,3,8-9,14H2,1-2H3,(H,27,30). The summed E-state index contributed by atoms with van der Waals surface area (Å²) in [4.78, 5) is 25.0. The topological polar surface area (TPSA) is 80.6 Å². The van der Waals surface area contributed by atoms with Crippen molar-refractivity contribution in [1.29, 1.82) is 0 Å². The van der Waals surface area contributed by atoms with E-state index in [-0.39, 0.29) is 28.9 Å². The van der Waals surface area contributed by atoms with Gasteiger partial charge in [0.25, 0.3) is 11.5 Å². The van der Waals surface area contributed by atoms with Crippen LogP contribution < -0.4 is 15.6 Å². The largest absolute Gasteiger partial charge is 0.502 e. The number of amides is 1. The van der Waals surface area contributed by atoms with Gasteiger partial charge in [-0.1, -0.05) is 17.7 Å². The lowest BCUT2D eigenvalue weighted by molar-refractivity contribution is 0.0948. The first-order valence-electron chi connectivity index (χ1n) is 10.1. The predicted octanol–water partition coefficient (Wildman–Crippen LogP) is 3.87. The number of benzene rings is 2. The summed E-state index contributed by atoms with van der Waals surface area (Å²) in [7, 11) is 1.38. The van der Waals surface area contributed by atoms with Crippen molar-refractivity contribution in [2.24, 2.45) is 7.05 Å². The minimum absolute atomic E-state index is 0.0973. The number of nitrogens with zero attached hydrogens (tertiary/aromatic N) is 1. The number of carbonyl (C=O) groups excluding carboxylic acids is 1. The molecule has 1 heterocycles. The second-order valence-electron chi connectivity index (χ2n) is 7.41. The molecule has 0 radical (unpaired) electrons. The lowest BCUT2D eigenvalue weighted by atomic mass is 10.0. The van der Waals surface area contributed by atoms with Crippen LogP contribution in [0.15, 0.2) is 53.3 Å². The molecule has 168 valence electrons. The number of aryl methyl sites for hydroxylation is 1. The van der Waals surface area contributed by atoms with Gasteiger partial charge in [0, 0.05) is 19.2 Å². The fraction of sp³-hybridized carbons (Fsp3) is 0.250. The molecule has 1 aromatic heterocycles. The Bertz CT molecular complexity index is 1170. The number of pyridine rings is 1. The minimum Gasteiger partial charge on any atom is -0.502 e. The van der Waals surface area contributed by atoms with E-state index in [1.807, 2.05) is 31.2 Å². The molecule has 0 spiro atoms. The van der Waals surface area contributed by atoms with Crippen LogP contribution in [-0.4, -0.2) is 28.7 Å². The maximum absolute atomic E-state index is 13.9. The second-order valence-corrected chi connectivity index (χ2v) is 7.41. The average molecular weight is 442 g/mol. The molecule has 2 aromatic carbocycles. The van der Waals surface area contributed by atoms with Gasteiger partial charge in [0.05, 0.1) is 17.9 Å². The highest BCUT2D eigenvalue weighted by atomic mass is 19.1. The second kappa shape index (κ2) is 10.1. The fourth-order valence-electron chi connectivity index (χ4n) is 3.20. The normalized spacial score (nSPS) is 10.8. The molecule has 32 heavy (non-hydrogen) atoms. The van der Waals surface area contributed by atoms with Gasteiger partial charge < -0.3 is 19.7 Å². The van der Waals surface area contributed by atoms with Crippen molar-refractivity contribution < 1.29 is 23.4 Å². The number of halogens is 2. The van der Waals surface area contributed by atoms with Gasteiger partial charge in [-0.25, -0.2) is 8.78 Å². The lowest BCUT2D eigenvalue weighted by Gasteiger charge is -2.14. The van der Waals surface area contributed by atoms with E-state index in [0.717, 1.165) is 28.0 Å². The first-order chi connectivity index (χ1) is 15.3. The van der Waals surface area contributed by atoms with Gasteiger partial charge in [-0.05, 0) is 55.3 Å². The van der Waals surface area contributed by atoms with Crippen LogP contribution in [0.5, 0.6) is 11.5 Å². The van der Waals surface area contributed by atoms with Crippen molar-refractivity contribution >= 4 is 5.91 Å². The molecule has 0 atom stereocenters. The van der Waals surface area contributed by atoms with E-state index in [2.05, 4.69) is 5.32 Å². The van der Waals surface area contributed by atoms with Crippen molar-refractivity contribution in [3.05, 3.63) is 81.4 Å². The Balaban J connectivity index is 1.71. The average Bonchev–Trinajstić information content (AvgIpc) is 2.78. The van der Waals surface area contributed by atoms with Gasteiger partial charge in [-0.3, -0.25) is 9.59 Å². The summed E-state index contributed by atoms with van der Waals surface area (Å²) in [6.45, 7) is 1.72. The van der Waals surface area contributed by atoms with Gasteiger partial charge in [0.15, 0.2) is 5.75 Å². The summed E-state index contributed by atoms with van der Waals surface area (Å²) in [5, 5.41) is 12.8. The molecule has 0 aliphatic heterocycles. The number of carbonyl (C=O) groups is 1. The Hall–Kier alpha value is -3.68. The van der Waals surface area contributed by atoms with E-state index in [1.165, 1.54) is 19.2 Å². The minimum atomic E-state index is -0.880. The maximum atomic E-state index is 13.9. The van der Waals surface area contributed by atoms with Crippen molar-refractivity contribution in [2.75, 3.05) is 13.2 Å². The number of aromatic hydroxyl groups is 1. The number of hydrogen-bond acceptors (Lipinski definition) is 4. The molecule has 8 heteroatoms. The SMILES string of the molecule is Cc1ccc(OCCCNC(=O)c2cc(-c3cc(F)cc(CF)c3)n(C)c(=O)c2O)cc1. The van der Waals surface area contributed by atoms with Gasteiger partial charge in [0.2, 0.25) is 0 Å². The van der Waals surface area contributed by atoms with Crippen LogP contribution in [0.25, 0.3) is 11.3 Å². The molecule has 0 saturated heterocycles. The molecular weight excluding hydrogens is 418 g/mol. The maximum Gasteiger partial charge on any atom is 0.293 e. The zero-order chi connectivity index (χ0) is 23.3. The number of nitrogens with one attached hydrogen (secondary N) is 1. The molecule has 6 nitrogen and oxygen atoms in total. The number of ether oxygens (including phenoxy) is 1. The number of rotatable bonds is 8. The van der Waals surface area contributed by atoms with Gasteiger partial charge >= 0.3 is 0 Å². The first kappa shape index (κ1) is 23.0. The Morgan fingerprint density at radius 3 is 2.56 bits per heavy atom. The summed E-state index contributed by atoms with van der Waals surface area (Å²) in [5.74, 6) is -1.32. The van der Waals surface area contributed by atoms with Crippen LogP contribution in [0.4, 0.5) is 8.78 Å². The van der Waals surface area contributed by atoms with Crippen LogP contribution in [-0.2, 0) is 13.7 Å². The third-order valence-corrected chi connectivity index (χ3v) is 4.95. The monoisotopic (exact) mass is 442 g/mol. The molecule has 0 bridgehead atoms. The quantitative estimate of drug-likeness (QED) is 0.519. The molecule has 1 amide bonds. The molecule has 2 N–H and O–H groups in total. The van der Waals surface area contributed by atoms with E-state index < -0.39 is 29.7 Å². The lowest BCUT2D eigenvalue weighted by Crippen LogP contribution is -2.29. The number of aromatic nitrogens is 1. The summed E-state index contributed by atoms with van der Waals surface area (Å²) < 4.78 is 33.6. The zero-order valence-electron chi connectivity index (χ0n) is 17.8. The van der Waals surface area contributed by atoms with Crippen LogP contribution in [0, 0.1) is 12.7 Å². The zero-order valence-corrected chi connectivity index (χ0v) is 17.8. The molecule has 0 unspecified atom stereocenters. The van der Waals surface area contributed by atoms with Gasteiger partial charge in [-0.2, -0.15) is 0 Å². The van der Waals surface area contributed by atoms with Gasteiger partial charge in [0.1, 0.15) is 18.2 Å². The highest BCUT2D eigenvalue weighted by Gasteiger charge is 2.19. The van der Waals surface area contributed by atoms with E-state index in [9.17, 15) is 23.5 Å². The highest BCUT2D eigenvalue weighted by Crippen LogP contribution is 2.25. The summed E-state index contributed by atoms with van der Waals surface area (Å²) >= 11 is 0. The Morgan fingerprint density at radius 2 is 1.88 bits per heavy atom. The van der Waals surface area contributed by atoms with Crippen LogP contribution in [0.1, 0.15) is 27.9 Å². The molecule has 0 fully saturated rings. The summed E-state index contributed by atoms with van der Waals surface area (Å²) in [6.07, 6.45) is 0.502. The molecule has 0 aliphatic carbocycles. The molecule has 3 rings (SSSR count). The van der Waals surface area contributed by atoms with E-state index in [1.54, 1.807) is 0 Å². The highest BCUT2D eigenvalue weighted by molar-refractivity contribution is 5.97. The van der Waals surface area contributed by atoms with Crippen molar-refractivity contribution in [3.8, 4) is 22.8 Å². The number of alkyl halides is 1. The van der Waals surface area contributed by atoms with Crippen molar-refractivity contribution in [2.45, 2.75) is 20.0 Å². The van der Waals surface area contributed by atoms with Crippen LogP contribution in [0.2, 0.25) is 0 Å². The van der Waals surface area contributed by atoms with Crippen molar-refractivity contribution in [1.82, 2.24) is 9.88 Å². The molecular formula is C24H24F2N2O4. The van der Waals surface area contributed by atoms with E-state index in [4.69, 9.17) is 4.74 Å². The van der Waals surface area contributed by atoms with Crippen LogP contribution >= 0.6 is 0 Å². The smallest absolute Gasteiger partial charge is 0.293 e. The molecule has 3 aromatic rings. The van der Waals surface area contributed by atoms with Crippen molar-refractivity contribution in [3.63, 3.8) is 0 Å². The predicted molar refractivity (Wildman–Crippen MR) is 117 cm³/mol. The summed E-state index contributed by atoms with van der Waals surface area (Å²) in [5.41, 5.74) is 0.555. The molecule has 0 aliphatic rings. The van der Waals surface area contributed by atoms with E-state index in [0.29, 0.717) is 13.0 Å². The third kappa shape index (κ3) is 5.32. The van der Waals surface area contributed by atoms with E-state index >= 15 is 0 Å². The summed E-state index contributed by atoms with van der Waals surface area (Å²) in [6, 6.07) is 12.4. The Kier molecular flexibility index (Phi) is 7.25.